The average Bonchev–Trinajstić information content (AvgIpc) is 3.29. The molecule has 2 aromatic heterocycles. The van der Waals surface area contributed by atoms with Gasteiger partial charge in [0.1, 0.15) is 17.1 Å². The molecule has 0 spiro atoms. The second kappa shape index (κ2) is 8.44. The molecule has 0 saturated carbocycles. The maximum Gasteiger partial charge on any atom is 0.258 e. The summed E-state index contributed by atoms with van der Waals surface area (Å²) in [7, 11) is 0. The van der Waals surface area contributed by atoms with Crippen LogP contribution in [0, 0.1) is 6.92 Å². The summed E-state index contributed by atoms with van der Waals surface area (Å²) in [6.45, 7) is 2.27. The van der Waals surface area contributed by atoms with Crippen LogP contribution in [-0.2, 0) is 6.54 Å². The Kier molecular flexibility index (Phi) is 5.38. The molecule has 150 valence electrons. The summed E-state index contributed by atoms with van der Waals surface area (Å²) in [6.07, 6.45) is 4.48. The highest BCUT2D eigenvalue weighted by Crippen LogP contribution is 2.24. The highest BCUT2D eigenvalue weighted by atomic mass is 16.5. The van der Waals surface area contributed by atoms with Crippen LogP contribution in [0.5, 0.6) is 17.4 Å². The number of aromatic nitrogens is 4. The molecule has 0 fully saturated rings. The minimum atomic E-state index is -0.472. The van der Waals surface area contributed by atoms with E-state index in [1.54, 1.807) is 18.5 Å². The maximum absolute atomic E-state index is 12.4. The number of amides is 1. The Bertz CT molecular complexity index is 1160. The van der Waals surface area contributed by atoms with Gasteiger partial charge < -0.3 is 15.2 Å². The van der Waals surface area contributed by atoms with Crippen LogP contribution < -0.4 is 10.1 Å². The lowest BCUT2D eigenvalue weighted by Crippen LogP contribution is -2.23. The van der Waals surface area contributed by atoms with Crippen molar-refractivity contribution in [2.75, 3.05) is 0 Å². The third kappa shape index (κ3) is 4.27. The lowest BCUT2D eigenvalue weighted by molar-refractivity contribution is 0.0947. The van der Waals surface area contributed by atoms with Crippen molar-refractivity contribution < 1.29 is 14.6 Å². The first-order valence-electron chi connectivity index (χ1n) is 9.27. The van der Waals surface area contributed by atoms with Crippen molar-refractivity contribution in [2.45, 2.75) is 13.5 Å². The van der Waals surface area contributed by atoms with Gasteiger partial charge in [0.05, 0.1) is 0 Å². The third-order valence-corrected chi connectivity index (χ3v) is 4.41. The molecule has 1 amide bonds. The van der Waals surface area contributed by atoms with Gasteiger partial charge in [0.15, 0.2) is 0 Å². The minimum Gasteiger partial charge on any atom is -0.493 e. The number of para-hydroxylation sites is 1. The smallest absolute Gasteiger partial charge is 0.258 e. The standard InChI is InChI=1S/C22H19N5O3/c1-15-5-2-3-6-19(15)30-17-9-7-16(8-10-17)13-23-20(28)18-14-24-22(26-21(18)29)27-12-4-11-25-27/h2-12,14H,13H2,1H3,(H,23,28)(H,24,26,29). The molecule has 2 aromatic carbocycles. The van der Waals surface area contributed by atoms with Crippen molar-refractivity contribution in [1.29, 1.82) is 0 Å². The SMILES string of the molecule is Cc1ccccc1Oc1ccc(CNC(=O)c2cnc(-n3cccn3)nc2O)cc1. The number of ether oxygens (including phenoxy) is 1. The van der Waals surface area contributed by atoms with Gasteiger partial charge in [-0.3, -0.25) is 4.79 Å². The molecule has 8 nitrogen and oxygen atoms in total. The van der Waals surface area contributed by atoms with E-state index in [4.69, 9.17) is 4.74 Å². The van der Waals surface area contributed by atoms with E-state index in [1.807, 2.05) is 55.5 Å². The summed E-state index contributed by atoms with van der Waals surface area (Å²) in [6, 6.07) is 16.9. The van der Waals surface area contributed by atoms with Gasteiger partial charge in [-0.1, -0.05) is 30.3 Å². The molecule has 4 aromatic rings. The Balaban J connectivity index is 1.37. The molecule has 8 heteroatoms. The van der Waals surface area contributed by atoms with Gasteiger partial charge in [0, 0.05) is 25.1 Å². The average molecular weight is 401 g/mol. The summed E-state index contributed by atoms with van der Waals surface area (Å²) < 4.78 is 7.26. The Morgan fingerprint density at radius 2 is 1.93 bits per heavy atom. The minimum absolute atomic E-state index is 0.00888. The second-order valence-corrected chi connectivity index (χ2v) is 6.55. The molecule has 0 aliphatic carbocycles. The van der Waals surface area contributed by atoms with E-state index < -0.39 is 11.8 Å². The highest BCUT2D eigenvalue weighted by Gasteiger charge is 2.15. The van der Waals surface area contributed by atoms with Gasteiger partial charge in [0.25, 0.3) is 11.9 Å². The summed E-state index contributed by atoms with van der Waals surface area (Å²) in [4.78, 5) is 20.4. The van der Waals surface area contributed by atoms with Crippen molar-refractivity contribution in [2.24, 2.45) is 0 Å². The Labute approximate surface area is 172 Å². The largest absolute Gasteiger partial charge is 0.493 e. The van der Waals surface area contributed by atoms with Crippen molar-refractivity contribution >= 4 is 5.91 Å². The lowest BCUT2D eigenvalue weighted by atomic mass is 10.2. The van der Waals surface area contributed by atoms with Crippen LogP contribution in [0.4, 0.5) is 0 Å². The monoisotopic (exact) mass is 401 g/mol. The van der Waals surface area contributed by atoms with Crippen LogP contribution in [0.15, 0.2) is 73.2 Å². The van der Waals surface area contributed by atoms with Crippen molar-refractivity contribution in [3.05, 3.63) is 89.9 Å². The van der Waals surface area contributed by atoms with Gasteiger partial charge in [-0.05, 0) is 42.3 Å². The topological polar surface area (TPSA) is 102 Å². The number of rotatable bonds is 6. The van der Waals surface area contributed by atoms with Gasteiger partial charge in [0.2, 0.25) is 5.88 Å². The fourth-order valence-electron chi connectivity index (χ4n) is 2.77. The van der Waals surface area contributed by atoms with Gasteiger partial charge in [-0.2, -0.15) is 10.1 Å². The van der Waals surface area contributed by atoms with Crippen LogP contribution >= 0.6 is 0 Å². The fraction of sp³-hybridized carbons (Fsp3) is 0.0909. The Hall–Kier alpha value is -4.20. The summed E-state index contributed by atoms with van der Waals surface area (Å²) in [5.74, 6) is 0.806. The van der Waals surface area contributed by atoms with Crippen molar-refractivity contribution in [3.63, 3.8) is 0 Å². The number of aryl methyl sites for hydroxylation is 1. The molecule has 0 atom stereocenters. The first-order chi connectivity index (χ1) is 14.6. The van der Waals surface area contributed by atoms with Crippen LogP contribution in [0.2, 0.25) is 0 Å². The number of carbonyl (C=O) groups excluding carboxylic acids is 1. The summed E-state index contributed by atoms with van der Waals surface area (Å²) in [5, 5.41) is 16.8. The number of hydrogen-bond donors (Lipinski definition) is 2. The van der Waals surface area contributed by atoms with E-state index in [0.29, 0.717) is 5.75 Å². The Morgan fingerprint density at radius 1 is 1.13 bits per heavy atom. The number of hydrogen-bond acceptors (Lipinski definition) is 6. The number of carbonyl (C=O) groups is 1. The number of nitrogens with one attached hydrogen (secondary N) is 1. The predicted octanol–water partition coefficient (Wildman–Crippen LogP) is 3.40. The zero-order chi connectivity index (χ0) is 20.9. The molecule has 0 aliphatic rings. The maximum atomic E-state index is 12.4. The zero-order valence-electron chi connectivity index (χ0n) is 16.2. The predicted molar refractivity (Wildman–Crippen MR) is 110 cm³/mol. The normalized spacial score (nSPS) is 10.6. The van der Waals surface area contributed by atoms with Crippen LogP contribution in [0.3, 0.4) is 0 Å². The number of nitrogens with zero attached hydrogens (tertiary/aromatic N) is 4. The van der Waals surface area contributed by atoms with E-state index in [2.05, 4.69) is 20.4 Å². The van der Waals surface area contributed by atoms with Crippen molar-refractivity contribution in [3.8, 4) is 23.3 Å². The number of aromatic hydroxyl groups is 1. The summed E-state index contributed by atoms with van der Waals surface area (Å²) in [5.41, 5.74) is 1.92. The van der Waals surface area contributed by atoms with Gasteiger partial charge in [-0.15, -0.1) is 0 Å². The first-order valence-corrected chi connectivity index (χ1v) is 9.27. The number of benzene rings is 2. The molecule has 2 heterocycles. The molecule has 2 N–H and O–H groups in total. The fourth-order valence-corrected chi connectivity index (χ4v) is 2.77. The Morgan fingerprint density at radius 3 is 2.63 bits per heavy atom. The van der Waals surface area contributed by atoms with Gasteiger partial charge in [-0.25, -0.2) is 9.67 Å². The summed E-state index contributed by atoms with van der Waals surface area (Å²) >= 11 is 0. The molecule has 0 unspecified atom stereocenters. The van der Waals surface area contributed by atoms with Gasteiger partial charge >= 0.3 is 0 Å². The van der Waals surface area contributed by atoms with Crippen LogP contribution in [-0.4, -0.2) is 30.8 Å². The molecule has 0 aliphatic heterocycles. The van der Waals surface area contributed by atoms with E-state index in [-0.39, 0.29) is 18.1 Å². The zero-order valence-corrected chi connectivity index (χ0v) is 16.2. The molecule has 0 bridgehead atoms. The molecular formula is C22H19N5O3. The lowest BCUT2D eigenvalue weighted by Gasteiger charge is -2.10. The van der Waals surface area contributed by atoms with Crippen LogP contribution in [0.1, 0.15) is 21.5 Å². The highest BCUT2D eigenvalue weighted by molar-refractivity contribution is 5.95. The first kappa shape index (κ1) is 19.1. The molecule has 0 saturated heterocycles. The van der Waals surface area contributed by atoms with Crippen LogP contribution in [0.25, 0.3) is 5.95 Å². The quantitative estimate of drug-likeness (QED) is 0.513. The third-order valence-electron chi connectivity index (χ3n) is 4.41. The van der Waals surface area contributed by atoms with E-state index in [9.17, 15) is 9.90 Å². The molecular weight excluding hydrogens is 382 g/mol. The molecule has 4 rings (SSSR count). The van der Waals surface area contributed by atoms with E-state index in [0.717, 1.165) is 16.9 Å². The van der Waals surface area contributed by atoms with E-state index in [1.165, 1.54) is 10.9 Å². The molecule has 30 heavy (non-hydrogen) atoms. The second-order valence-electron chi connectivity index (χ2n) is 6.55. The van der Waals surface area contributed by atoms with Crippen molar-refractivity contribution in [1.82, 2.24) is 25.1 Å². The van der Waals surface area contributed by atoms with E-state index >= 15 is 0 Å². The molecule has 0 radical (unpaired) electrons.